The fourth-order valence-corrected chi connectivity index (χ4v) is 1.80. The lowest BCUT2D eigenvalue weighted by atomic mass is 10.1. The van der Waals surface area contributed by atoms with Crippen LogP contribution >= 0.6 is 0 Å². The standard InChI is InChI=1S/C14H22FNO/c1-3-8-17-11-14(16-4-2)10-12-6-5-7-13(15)9-12/h5-7,9,14,16H,3-4,8,10-11H2,1-2H3. The number of rotatable bonds is 8. The Morgan fingerprint density at radius 2 is 2.18 bits per heavy atom. The Bertz CT molecular complexity index is 317. The Labute approximate surface area is 103 Å². The van der Waals surface area contributed by atoms with Crippen LogP contribution in [-0.4, -0.2) is 25.8 Å². The van der Waals surface area contributed by atoms with Gasteiger partial charge in [-0.25, -0.2) is 4.39 Å². The molecule has 0 saturated carbocycles. The lowest BCUT2D eigenvalue weighted by Crippen LogP contribution is -2.35. The van der Waals surface area contributed by atoms with Crippen molar-refractivity contribution in [3.63, 3.8) is 0 Å². The molecule has 0 fully saturated rings. The predicted molar refractivity (Wildman–Crippen MR) is 68.7 cm³/mol. The van der Waals surface area contributed by atoms with E-state index in [4.69, 9.17) is 4.74 Å². The van der Waals surface area contributed by atoms with E-state index in [1.807, 2.05) is 6.07 Å². The predicted octanol–water partition coefficient (Wildman–Crippen LogP) is 2.77. The number of hydrogen-bond donors (Lipinski definition) is 1. The maximum atomic E-state index is 13.1. The molecule has 1 N–H and O–H groups in total. The zero-order valence-corrected chi connectivity index (χ0v) is 10.7. The fourth-order valence-electron chi connectivity index (χ4n) is 1.80. The third-order valence-corrected chi connectivity index (χ3v) is 2.53. The summed E-state index contributed by atoms with van der Waals surface area (Å²) in [5.41, 5.74) is 1.01. The number of benzene rings is 1. The monoisotopic (exact) mass is 239 g/mol. The van der Waals surface area contributed by atoms with Crippen LogP contribution in [-0.2, 0) is 11.2 Å². The van der Waals surface area contributed by atoms with E-state index in [1.165, 1.54) is 6.07 Å². The van der Waals surface area contributed by atoms with Gasteiger partial charge in [-0.1, -0.05) is 26.0 Å². The van der Waals surface area contributed by atoms with Crippen molar-refractivity contribution >= 4 is 0 Å². The van der Waals surface area contributed by atoms with Crippen LogP contribution in [0.1, 0.15) is 25.8 Å². The van der Waals surface area contributed by atoms with Gasteiger partial charge in [0.05, 0.1) is 6.61 Å². The summed E-state index contributed by atoms with van der Waals surface area (Å²) >= 11 is 0. The van der Waals surface area contributed by atoms with Crippen LogP contribution in [0.15, 0.2) is 24.3 Å². The highest BCUT2D eigenvalue weighted by atomic mass is 19.1. The number of likely N-dealkylation sites (N-methyl/N-ethyl adjacent to an activating group) is 1. The molecule has 0 aromatic heterocycles. The van der Waals surface area contributed by atoms with Gasteiger partial charge in [0, 0.05) is 12.6 Å². The Hall–Kier alpha value is -0.930. The van der Waals surface area contributed by atoms with Gasteiger partial charge in [-0.2, -0.15) is 0 Å². The summed E-state index contributed by atoms with van der Waals surface area (Å²) in [7, 11) is 0. The minimum Gasteiger partial charge on any atom is -0.380 e. The average molecular weight is 239 g/mol. The van der Waals surface area contributed by atoms with E-state index in [1.54, 1.807) is 12.1 Å². The summed E-state index contributed by atoms with van der Waals surface area (Å²) in [4.78, 5) is 0. The molecule has 0 aliphatic carbocycles. The Morgan fingerprint density at radius 3 is 2.82 bits per heavy atom. The smallest absolute Gasteiger partial charge is 0.123 e. The van der Waals surface area contributed by atoms with Gasteiger partial charge in [-0.15, -0.1) is 0 Å². The van der Waals surface area contributed by atoms with Crippen LogP contribution in [0.4, 0.5) is 4.39 Å². The van der Waals surface area contributed by atoms with Gasteiger partial charge in [0.25, 0.3) is 0 Å². The van der Waals surface area contributed by atoms with Crippen molar-refractivity contribution in [2.75, 3.05) is 19.8 Å². The van der Waals surface area contributed by atoms with Crippen LogP contribution in [0.2, 0.25) is 0 Å². The van der Waals surface area contributed by atoms with Crippen molar-refractivity contribution < 1.29 is 9.13 Å². The molecule has 0 aliphatic heterocycles. The molecule has 0 saturated heterocycles. The van der Waals surface area contributed by atoms with Gasteiger partial charge in [-0.3, -0.25) is 0 Å². The highest BCUT2D eigenvalue weighted by Crippen LogP contribution is 2.07. The maximum Gasteiger partial charge on any atom is 0.123 e. The summed E-state index contributed by atoms with van der Waals surface area (Å²) in [6.45, 7) is 6.52. The third-order valence-electron chi connectivity index (χ3n) is 2.53. The van der Waals surface area contributed by atoms with Crippen molar-refractivity contribution in [3.8, 4) is 0 Å². The first kappa shape index (κ1) is 14.1. The number of halogens is 1. The van der Waals surface area contributed by atoms with Crippen LogP contribution in [0.25, 0.3) is 0 Å². The quantitative estimate of drug-likeness (QED) is 0.704. The summed E-state index contributed by atoms with van der Waals surface area (Å²) in [5, 5.41) is 3.36. The normalized spacial score (nSPS) is 12.6. The van der Waals surface area contributed by atoms with Crippen molar-refractivity contribution in [2.45, 2.75) is 32.7 Å². The van der Waals surface area contributed by atoms with E-state index in [2.05, 4.69) is 19.2 Å². The SMILES string of the molecule is CCCOCC(Cc1cccc(F)c1)NCC. The minimum absolute atomic E-state index is 0.174. The molecule has 0 spiro atoms. The number of ether oxygens (including phenoxy) is 1. The zero-order valence-electron chi connectivity index (χ0n) is 10.7. The van der Waals surface area contributed by atoms with E-state index < -0.39 is 0 Å². The highest BCUT2D eigenvalue weighted by Gasteiger charge is 2.08. The maximum absolute atomic E-state index is 13.1. The van der Waals surface area contributed by atoms with Crippen molar-refractivity contribution in [1.82, 2.24) is 5.32 Å². The van der Waals surface area contributed by atoms with Gasteiger partial charge in [0.15, 0.2) is 0 Å². The lowest BCUT2D eigenvalue weighted by molar-refractivity contribution is 0.112. The van der Waals surface area contributed by atoms with E-state index in [0.717, 1.165) is 31.6 Å². The summed E-state index contributed by atoms with van der Waals surface area (Å²) < 4.78 is 18.6. The molecule has 1 unspecified atom stereocenters. The first-order valence-electron chi connectivity index (χ1n) is 6.31. The molecule has 96 valence electrons. The Kier molecular flexibility index (Phi) is 6.82. The van der Waals surface area contributed by atoms with Crippen molar-refractivity contribution in [3.05, 3.63) is 35.6 Å². The number of hydrogen-bond acceptors (Lipinski definition) is 2. The molecule has 0 bridgehead atoms. The Morgan fingerprint density at radius 1 is 1.35 bits per heavy atom. The van der Waals surface area contributed by atoms with E-state index >= 15 is 0 Å². The molecular formula is C14H22FNO. The zero-order chi connectivity index (χ0) is 12.5. The second-order valence-corrected chi connectivity index (χ2v) is 4.16. The second-order valence-electron chi connectivity index (χ2n) is 4.16. The van der Waals surface area contributed by atoms with Gasteiger partial charge in [0.1, 0.15) is 5.82 Å². The summed E-state index contributed by atoms with van der Waals surface area (Å²) in [5.74, 6) is -0.174. The molecule has 1 atom stereocenters. The molecule has 1 aromatic carbocycles. The summed E-state index contributed by atoms with van der Waals surface area (Å²) in [6.07, 6.45) is 1.83. The van der Waals surface area contributed by atoms with Crippen molar-refractivity contribution in [2.24, 2.45) is 0 Å². The fraction of sp³-hybridized carbons (Fsp3) is 0.571. The molecule has 1 rings (SSSR count). The summed E-state index contributed by atoms with van der Waals surface area (Å²) in [6, 6.07) is 7.02. The minimum atomic E-state index is -0.174. The lowest BCUT2D eigenvalue weighted by Gasteiger charge is -2.18. The largest absolute Gasteiger partial charge is 0.380 e. The molecule has 0 heterocycles. The topological polar surface area (TPSA) is 21.3 Å². The van der Waals surface area contributed by atoms with Crippen LogP contribution in [0, 0.1) is 5.82 Å². The molecule has 2 nitrogen and oxygen atoms in total. The van der Waals surface area contributed by atoms with E-state index in [9.17, 15) is 4.39 Å². The first-order valence-corrected chi connectivity index (χ1v) is 6.31. The molecule has 0 amide bonds. The van der Waals surface area contributed by atoms with E-state index in [-0.39, 0.29) is 11.9 Å². The van der Waals surface area contributed by atoms with Crippen molar-refractivity contribution in [1.29, 1.82) is 0 Å². The first-order chi connectivity index (χ1) is 8.26. The molecular weight excluding hydrogens is 217 g/mol. The van der Waals surface area contributed by atoms with Gasteiger partial charge >= 0.3 is 0 Å². The molecule has 17 heavy (non-hydrogen) atoms. The van der Waals surface area contributed by atoms with Gasteiger partial charge < -0.3 is 10.1 Å². The van der Waals surface area contributed by atoms with Crippen LogP contribution in [0.5, 0.6) is 0 Å². The molecule has 1 aromatic rings. The average Bonchev–Trinajstić information content (AvgIpc) is 2.29. The van der Waals surface area contributed by atoms with E-state index in [0.29, 0.717) is 6.61 Å². The molecule has 0 aliphatic rings. The molecule has 3 heteroatoms. The van der Waals surface area contributed by atoms with Crippen LogP contribution < -0.4 is 5.32 Å². The highest BCUT2D eigenvalue weighted by molar-refractivity contribution is 5.17. The van der Waals surface area contributed by atoms with Gasteiger partial charge in [-0.05, 0) is 37.1 Å². The Balaban J connectivity index is 2.47. The number of nitrogens with one attached hydrogen (secondary N) is 1. The van der Waals surface area contributed by atoms with Crippen LogP contribution in [0.3, 0.4) is 0 Å². The second kappa shape index (κ2) is 8.20. The molecule has 0 radical (unpaired) electrons. The van der Waals surface area contributed by atoms with Gasteiger partial charge in [0.2, 0.25) is 0 Å². The third kappa shape index (κ3) is 5.80.